The minimum Gasteiger partial charge on any atom is -0.345 e. The number of nitrogens with one attached hydrogen (secondary N) is 1. The topological polar surface area (TPSA) is 29.1 Å². The second-order valence-electron chi connectivity index (χ2n) is 4.87. The molecule has 0 spiro atoms. The van der Waals surface area contributed by atoms with E-state index in [0.29, 0.717) is 6.04 Å². The normalized spacial score (nSPS) is 21.8. The number of carbonyl (C=O) groups excluding carboxylic acids is 1. The molecule has 1 N–H and O–H groups in total. The molecule has 16 heavy (non-hydrogen) atoms. The summed E-state index contributed by atoms with van der Waals surface area (Å²) in [6, 6.07) is 0.434. The average Bonchev–Trinajstić information content (AvgIpc) is 2.21. The highest BCUT2D eigenvalue weighted by Gasteiger charge is 2.10. The summed E-state index contributed by atoms with van der Waals surface area (Å²) < 4.78 is 0.106. The summed E-state index contributed by atoms with van der Waals surface area (Å²) in [5.74, 6) is 0. The lowest BCUT2D eigenvalue weighted by molar-refractivity contribution is 0.257. The van der Waals surface area contributed by atoms with Gasteiger partial charge in [-0.3, -0.25) is 4.79 Å². The standard InChI is InChI=1S/C13H24INO/c14-13(16)15-12-10-8-6-4-2-1-3-5-7-9-11-12/h12H,1-11H2,(H,15,16). The Kier molecular flexibility index (Phi) is 8.25. The van der Waals surface area contributed by atoms with Crippen LogP contribution in [0, 0.1) is 0 Å². The molecule has 1 saturated carbocycles. The van der Waals surface area contributed by atoms with Crippen molar-refractivity contribution < 1.29 is 4.79 Å². The van der Waals surface area contributed by atoms with Crippen LogP contribution in [0.25, 0.3) is 0 Å². The van der Waals surface area contributed by atoms with Gasteiger partial charge in [-0.1, -0.05) is 57.8 Å². The van der Waals surface area contributed by atoms with Gasteiger partial charge in [0.15, 0.2) is 0 Å². The van der Waals surface area contributed by atoms with E-state index >= 15 is 0 Å². The molecule has 1 aliphatic carbocycles. The number of rotatable bonds is 1. The SMILES string of the molecule is O=C(I)NC1CCCCCCCCCCC1. The molecule has 0 aliphatic heterocycles. The summed E-state index contributed by atoms with van der Waals surface area (Å²) in [5, 5.41) is 3.08. The smallest absolute Gasteiger partial charge is 0.280 e. The molecule has 0 bridgehead atoms. The lowest BCUT2D eigenvalue weighted by Crippen LogP contribution is -2.30. The fraction of sp³-hybridized carbons (Fsp3) is 0.923. The van der Waals surface area contributed by atoms with E-state index in [1.165, 1.54) is 70.6 Å². The number of amides is 1. The third-order valence-electron chi connectivity index (χ3n) is 3.42. The Labute approximate surface area is 113 Å². The first-order valence-corrected chi connectivity index (χ1v) is 7.83. The van der Waals surface area contributed by atoms with E-state index in [4.69, 9.17) is 0 Å². The molecule has 0 heterocycles. The first-order valence-electron chi connectivity index (χ1n) is 6.75. The van der Waals surface area contributed by atoms with E-state index in [1.807, 2.05) is 22.6 Å². The molecule has 94 valence electrons. The van der Waals surface area contributed by atoms with Crippen LogP contribution in [0.15, 0.2) is 0 Å². The molecule has 0 radical (unpaired) electrons. The maximum Gasteiger partial charge on any atom is 0.280 e. The average molecular weight is 337 g/mol. The highest BCUT2D eigenvalue weighted by Crippen LogP contribution is 2.17. The van der Waals surface area contributed by atoms with Gasteiger partial charge in [0, 0.05) is 28.6 Å². The van der Waals surface area contributed by atoms with Crippen molar-refractivity contribution in [3.8, 4) is 0 Å². The van der Waals surface area contributed by atoms with Crippen LogP contribution in [0.4, 0.5) is 4.79 Å². The molecule has 1 fully saturated rings. The van der Waals surface area contributed by atoms with Gasteiger partial charge in [-0.05, 0) is 12.8 Å². The lowest BCUT2D eigenvalue weighted by atomic mass is 9.98. The third-order valence-corrected chi connectivity index (χ3v) is 3.73. The molecular weight excluding hydrogens is 313 g/mol. The Morgan fingerprint density at radius 1 is 0.812 bits per heavy atom. The minimum atomic E-state index is 0.106. The number of carbonyl (C=O) groups is 1. The molecular formula is C13H24INO. The van der Waals surface area contributed by atoms with Gasteiger partial charge in [-0.2, -0.15) is 0 Å². The largest absolute Gasteiger partial charge is 0.345 e. The number of hydrogen-bond donors (Lipinski definition) is 1. The van der Waals surface area contributed by atoms with Crippen LogP contribution in [0.3, 0.4) is 0 Å². The Morgan fingerprint density at radius 3 is 1.56 bits per heavy atom. The van der Waals surface area contributed by atoms with Gasteiger partial charge < -0.3 is 5.32 Å². The van der Waals surface area contributed by atoms with Crippen molar-refractivity contribution in [3.63, 3.8) is 0 Å². The van der Waals surface area contributed by atoms with Crippen molar-refractivity contribution in [2.24, 2.45) is 0 Å². The Bertz CT molecular complexity index is 184. The molecule has 1 aliphatic rings. The van der Waals surface area contributed by atoms with E-state index in [1.54, 1.807) is 0 Å². The molecule has 1 rings (SSSR count). The Morgan fingerprint density at radius 2 is 1.19 bits per heavy atom. The molecule has 1 amide bonds. The summed E-state index contributed by atoms with van der Waals surface area (Å²) in [4.78, 5) is 11.1. The first kappa shape index (κ1) is 14.3. The molecule has 0 aromatic rings. The van der Waals surface area contributed by atoms with Gasteiger partial charge in [-0.15, -0.1) is 0 Å². The summed E-state index contributed by atoms with van der Waals surface area (Å²) in [5.41, 5.74) is 0. The third kappa shape index (κ3) is 7.47. The van der Waals surface area contributed by atoms with Gasteiger partial charge in [0.05, 0.1) is 0 Å². The quantitative estimate of drug-likeness (QED) is 0.415. The molecule has 0 aromatic carbocycles. The van der Waals surface area contributed by atoms with Gasteiger partial charge in [0.25, 0.3) is 3.91 Å². The van der Waals surface area contributed by atoms with Gasteiger partial charge in [-0.25, -0.2) is 0 Å². The fourth-order valence-corrected chi connectivity index (χ4v) is 2.91. The first-order chi connectivity index (χ1) is 7.79. The minimum absolute atomic E-state index is 0.106. The van der Waals surface area contributed by atoms with Crippen LogP contribution in [0.1, 0.15) is 70.6 Å². The molecule has 0 unspecified atom stereocenters. The molecule has 0 atom stereocenters. The van der Waals surface area contributed by atoms with Crippen molar-refractivity contribution in [1.29, 1.82) is 0 Å². The lowest BCUT2D eigenvalue weighted by Gasteiger charge is -2.18. The van der Waals surface area contributed by atoms with Crippen molar-refractivity contribution in [3.05, 3.63) is 0 Å². The van der Waals surface area contributed by atoms with Crippen LogP contribution in [0.5, 0.6) is 0 Å². The summed E-state index contributed by atoms with van der Waals surface area (Å²) in [6.45, 7) is 0. The van der Waals surface area contributed by atoms with E-state index in [2.05, 4.69) is 5.32 Å². The zero-order chi connectivity index (χ0) is 11.6. The van der Waals surface area contributed by atoms with Gasteiger partial charge in [0.2, 0.25) is 0 Å². The molecule has 0 saturated heterocycles. The second kappa shape index (κ2) is 9.25. The maximum atomic E-state index is 11.1. The Hall–Kier alpha value is 0.200. The van der Waals surface area contributed by atoms with Crippen molar-refractivity contribution >= 4 is 26.5 Å². The highest BCUT2D eigenvalue weighted by atomic mass is 127. The predicted octanol–water partition coefficient (Wildman–Crippen LogP) is 4.80. The zero-order valence-electron chi connectivity index (χ0n) is 10.1. The summed E-state index contributed by atoms with van der Waals surface area (Å²) >= 11 is 1.85. The number of hydrogen-bond acceptors (Lipinski definition) is 1. The van der Waals surface area contributed by atoms with Crippen molar-refractivity contribution in [2.75, 3.05) is 0 Å². The molecule has 3 heteroatoms. The number of halogens is 1. The highest BCUT2D eigenvalue weighted by molar-refractivity contribution is 14.1. The van der Waals surface area contributed by atoms with Gasteiger partial charge >= 0.3 is 0 Å². The maximum absolute atomic E-state index is 11.1. The zero-order valence-corrected chi connectivity index (χ0v) is 12.3. The monoisotopic (exact) mass is 337 g/mol. The van der Waals surface area contributed by atoms with Crippen molar-refractivity contribution in [1.82, 2.24) is 5.32 Å². The molecule has 2 nitrogen and oxygen atoms in total. The van der Waals surface area contributed by atoms with Gasteiger partial charge in [0.1, 0.15) is 0 Å². The fourth-order valence-electron chi connectivity index (χ4n) is 2.47. The van der Waals surface area contributed by atoms with Crippen LogP contribution in [-0.4, -0.2) is 9.96 Å². The Balaban J connectivity index is 2.27. The predicted molar refractivity (Wildman–Crippen MR) is 77.1 cm³/mol. The van der Waals surface area contributed by atoms with E-state index in [0.717, 1.165) is 0 Å². The summed E-state index contributed by atoms with van der Waals surface area (Å²) in [6.07, 6.45) is 14.6. The van der Waals surface area contributed by atoms with Crippen molar-refractivity contribution in [2.45, 2.75) is 76.7 Å². The van der Waals surface area contributed by atoms with E-state index < -0.39 is 0 Å². The van der Waals surface area contributed by atoms with E-state index in [-0.39, 0.29) is 3.91 Å². The van der Waals surface area contributed by atoms with Crippen LogP contribution < -0.4 is 5.32 Å². The van der Waals surface area contributed by atoms with E-state index in [9.17, 15) is 4.79 Å². The molecule has 0 aromatic heterocycles. The summed E-state index contributed by atoms with van der Waals surface area (Å²) in [7, 11) is 0. The second-order valence-corrected chi connectivity index (χ2v) is 5.85. The van der Waals surface area contributed by atoms with Crippen LogP contribution >= 0.6 is 22.6 Å². The van der Waals surface area contributed by atoms with Crippen LogP contribution in [-0.2, 0) is 0 Å². The van der Waals surface area contributed by atoms with Crippen LogP contribution in [0.2, 0.25) is 0 Å².